The van der Waals surface area contributed by atoms with Crippen molar-refractivity contribution in [3.05, 3.63) is 119 Å². The first-order valence-electron chi connectivity index (χ1n) is 12.3. The molecule has 0 unspecified atom stereocenters. The molecule has 4 aromatic carbocycles. The number of para-hydroxylation sites is 1. The van der Waals surface area contributed by atoms with Gasteiger partial charge in [-0.15, -0.1) is 0 Å². The Bertz CT molecular complexity index is 1400. The first-order valence-corrected chi connectivity index (χ1v) is 12.3. The quantitative estimate of drug-likeness (QED) is 0.294. The molecule has 0 N–H and O–H groups in total. The number of hydrogen-bond donors (Lipinski definition) is 0. The van der Waals surface area contributed by atoms with E-state index in [1.54, 1.807) is 14.2 Å². The fourth-order valence-electron chi connectivity index (χ4n) is 4.89. The molecule has 0 saturated heterocycles. The van der Waals surface area contributed by atoms with Gasteiger partial charge in [0.2, 0.25) is 6.23 Å². The molecular weight excluding hydrogens is 464 g/mol. The second kappa shape index (κ2) is 9.90. The molecule has 0 fully saturated rings. The van der Waals surface area contributed by atoms with Crippen LogP contribution in [0.1, 0.15) is 40.9 Å². The fraction of sp³-hybridized carbons (Fsp3) is 0.194. The van der Waals surface area contributed by atoms with Crippen LogP contribution in [0.25, 0.3) is 0 Å². The molecule has 0 bridgehead atoms. The molecule has 2 aliphatic heterocycles. The Morgan fingerprint density at radius 1 is 0.811 bits per heavy atom. The lowest BCUT2D eigenvalue weighted by Gasteiger charge is -2.38. The van der Waals surface area contributed by atoms with E-state index >= 15 is 0 Å². The second-order valence-electron chi connectivity index (χ2n) is 9.07. The van der Waals surface area contributed by atoms with Crippen LogP contribution in [0, 0.1) is 0 Å². The highest BCUT2D eigenvalue weighted by Crippen LogP contribution is 2.50. The van der Waals surface area contributed by atoms with Gasteiger partial charge < -0.3 is 18.9 Å². The Kier molecular flexibility index (Phi) is 6.15. The molecule has 0 amide bonds. The number of nitrogens with zero attached hydrogens (tertiary/aromatic N) is 2. The monoisotopic (exact) mass is 492 g/mol. The van der Waals surface area contributed by atoms with Gasteiger partial charge in [0.05, 0.1) is 26.0 Å². The number of methoxy groups -OCH3 is 2. The van der Waals surface area contributed by atoms with Gasteiger partial charge in [-0.05, 0) is 65.7 Å². The summed E-state index contributed by atoms with van der Waals surface area (Å²) < 4.78 is 23.6. The van der Waals surface area contributed by atoms with Crippen molar-refractivity contribution < 1.29 is 18.9 Å². The van der Waals surface area contributed by atoms with Crippen molar-refractivity contribution >= 4 is 5.71 Å². The van der Waals surface area contributed by atoms with Crippen molar-refractivity contribution in [2.75, 3.05) is 14.2 Å². The van der Waals surface area contributed by atoms with Gasteiger partial charge in [0.25, 0.3) is 0 Å². The largest absolute Gasteiger partial charge is 0.497 e. The molecule has 37 heavy (non-hydrogen) atoms. The molecule has 0 aromatic heterocycles. The number of ether oxygens (including phenoxy) is 4. The van der Waals surface area contributed by atoms with Crippen LogP contribution < -0.4 is 18.9 Å². The van der Waals surface area contributed by atoms with E-state index in [2.05, 4.69) is 35.3 Å². The zero-order chi connectivity index (χ0) is 25.2. The van der Waals surface area contributed by atoms with Crippen LogP contribution in [-0.2, 0) is 6.61 Å². The Balaban J connectivity index is 1.31. The SMILES string of the molecule is COc1ccc(C2=NN3[C@@H](c4ccc(OCc5ccccc5)cc4)Oc4c(OC)cccc4[C@@H]3C2)cc1. The van der Waals surface area contributed by atoms with E-state index in [0.29, 0.717) is 6.61 Å². The van der Waals surface area contributed by atoms with E-state index in [1.165, 1.54) is 0 Å². The van der Waals surface area contributed by atoms with Crippen LogP contribution in [0.15, 0.2) is 102 Å². The molecule has 6 rings (SSSR count). The van der Waals surface area contributed by atoms with Gasteiger partial charge in [0, 0.05) is 17.5 Å². The van der Waals surface area contributed by atoms with Gasteiger partial charge in [0.1, 0.15) is 18.1 Å². The van der Waals surface area contributed by atoms with Crippen LogP contribution in [0.2, 0.25) is 0 Å². The van der Waals surface area contributed by atoms with Crippen molar-refractivity contribution in [2.45, 2.75) is 25.3 Å². The number of fused-ring (bicyclic) bond motifs is 3. The average Bonchev–Trinajstić information content (AvgIpc) is 3.42. The maximum Gasteiger partial charge on any atom is 0.214 e. The standard InChI is InChI=1S/C31H28N2O4/c1-34-24-15-11-22(12-16-24)27-19-28-26-9-6-10-29(35-2)30(26)37-31(33(28)32-27)23-13-17-25(18-14-23)36-20-21-7-4-3-5-8-21/h3-18,28,31H,19-20H2,1-2H3/t28-,31+/m0/s1. The van der Waals surface area contributed by atoms with Gasteiger partial charge in [-0.25, -0.2) is 5.01 Å². The van der Waals surface area contributed by atoms with Crippen LogP contribution in [0.5, 0.6) is 23.0 Å². The number of hydrogen-bond acceptors (Lipinski definition) is 6. The van der Waals surface area contributed by atoms with E-state index in [-0.39, 0.29) is 6.04 Å². The van der Waals surface area contributed by atoms with Gasteiger partial charge >= 0.3 is 0 Å². The third-order valence-electron chi connectivity index (χ3n) is 6.84. The molecule has 2 heterocycles. The van der Waals surface area contributed by atoms with Crippen LogP contribution in [-0.4, -0.2) is 24.9 Å². The first-order chi connectivity index (χ1) is 18.2. The number of hydrazone groups is 1. The molecule has 2 aliphatic rings. The predicted octanol–water partition coefficient (Wildman–Crippen LogP) is 6.53. The zero-order valence-electron chi connectivity index (χ0n) is 20.8. The highest BCUT2D eigenvalue weighted by Gasteiger charge is 2.42. The zero-order valence-corrected chi connectivity index (χ0v) is 20.8. The molecule has 0 radical (unpaired) electrons. The Morgan fingerprint density at radius 2 is 1.57 bits per heavy atom. The molecule has 4 aromatic rings. The predicted molar refractivity (Wildman–Crippen MR) is 142 cm³/mol. The van der Waals surface area contributed by atoms with Crippen LogP contribution in [0.3, 0.4) is 0 Å². The summed E-state index contributed by atoms with van der Waals surface area (Å²) >= 11 is 0. The maximum absolute atomic E-state index is 6.58. The van der Waals surface area contributed by atoms with E-state index < -0.39 is 6.23 Å². The summed E-state index contributed by atoms with van der Waals surface area (Å²) in [5.74, 6) is 3.13. The lowest BCUT2D eigenvalue weighted by molar-refractivity contribution is -0.0209. The summed E-state index contributed by atoms with van der Waals surface area (Å²) in [5.41, 5.74) is 5.29. The maximum atomic E-state index is 6.58. The topological polar surface area (TPSA) is 52.5 Å². The molecule has 0 saturated carbocycles. The molecule has 2 atom stereocenters. The van der Waals surface area contributed by atoms with Gasteiger partial charge in [-0.1, -0.05) is 42.5 Å². The van der Waals surface area contributed by atoms with E-state index in [1.807, 2.05) is 66.7 Å². The minimum Gasteiger partial charge on any atom is -0.497 e. The smallest absolute Gasteiger partial charge is 0.214 e. The van der Waals surface area contributed by atoms with Gasteiger partial charge in [-0.3, -0.25) is 0 Å². The third-order valence-corrected chi connectivity index (χ3v) is 6.84. The minimum atomic E-state index is -0.396. The van der Waals surface area contributed by atoms with Crippen molar-refractivity contribution in [1.29, 1.82) is 0 Å². The summed E-state index contributed by atoms with van der Waals surface area (Å²) in [6.45, 7) is 0.522. The van der Waals surface area contributed by atoms with Crippen LogP contribution >= 0.6 is 0 Å². The van der Waals surface area contributed by atoms with E-state index in [9.17, 15) is 0 Å². The van der Waals surface area contributed by atoms with Crippen LogP contribution in [0.4, 0.5) is 0 Å². The highest BCUT2D eigenvalue weighted by atomic mass is 16.5. The number of benzene rings is 4. The summed E-state index contributed by atoms with van der Waals surface area (Å²) in [5, 5.41) is 7.13. The van der Waals surface area contributed by atoms with Crippen molar-refractivity contribution in [3.63, 3.8) is 0 Å². The lowest BCUT2D eigenvalue weighted by Crippen LogP contribution is -2.33. The van der Waals surface area contributed by atoms with Gasteiger partial charge in [-0.2, -0.15) is 5.10 Å². The average molecular weight is 493 g/mol. The summed E-state index contributed by atoms with van der Waals surface area (Å²) in [7, 11) is 3.35. The van der Waals surface area contributed by atoms with Crippen molar-refractivity contribution in [2.24, 2.45) is 5.10 Å². The molecule has 6 nitrogen and oxygen atoms in total. The Morgan fingerprint density at radius 3 is 2.30 bits per heavy atom. The minimum absolute atomic E-state index is 0.0370. The molecule has 186 valence electrons. The van der Waals surface area contributed by atoms with E-state index in [0.717, 1.165) is 57.4 Å². The first kappa shape index (κ1) is 23.0. The summed E-state index contributed by atoms with van der Waals surface area (Å²) in [6.07, 6.45) is 0.373. The third kappa shape index (κ3) is 4.47. The molecule has 6 heteroatoms. The molecular formula is C31H28N2O4. The van der Waals surface area contributed by atoms with E-state index in [4.69, 9.17) is 24.0 Å². The highest BCUT2D eigenvalue weighted by molar-refractivity contribution is 6.02. The second-order valence-corrected chi connectivity index (χ2v) is 9.07. The Hall–Kier alpha value is -4.45. The summed E-state index contributed by atoms with van der Waals surface area (Å²) in [4.78, 5) is 0. The molecule has 0 spiro atoms. The Labute approximate surface area is 216 Å². The van der Waals surface area contributed by atoms with Gasteiger partial charge in [0.15, 0.2) is 11.5 Å². The fourth-order valence-corrected chi connectivity index (χ4v) is 4.89. The lowest BCUT2D eigenvalue weighted by atomic mass is 9.95. The normalized spacial score (nSPS) is 17.8. The number of rotatable bonds is 7. The van der Waals surface area contributed by atoms with Crippen molar-refractivity contribution in [3.8, 4) is 23.0 Å². The van der Waals surface area contributed by atoms with Crippen molar-refractivity contribution in [1.82, 2.24) is 5.01 Å². The summed E-state index contributed by atoms with van der Waals surface area (Å²) in [6, 6.07) is 32.3. The molecule has 0 aliphatic carbocycles.